The van der Waals surface area contributed by atoms with Crippen LogP contribution in [-0.4, -0.2) is 25.7 Å². The number of aliphatic hydroxyl groups excluding tert-OH is 1. The van der Waals surface area contributed by atoms with Crippen LogP contribution in [0, 0.1) is 5.92 Å². The molecule has 0 aliphatic heterocycles. The van der Waals surface area contributed by atoms with Gasteiger partial charge in [-0.05, 0) is 6.42 Å². The van der Waals surface area contributed by atoms with Crippen molar-refractivity contribution in [3.8, 4) is 0 Å². The standard InChI is InChI=1S/C7H15BO3/c1-2-3-4-6(5-9)7(10)11-8/h6,9H,2-5,8H2,1H3. The Hall–Kier alpha value is -0.505. The Labute approximate surface area is 68.2 Å². The molecule has 0 aromatic rings. The quantitative estimate of drug-likeness (QED) is 0.567. The molecule has 64 valence electrons. The summed E-state index contributed by atoms with van der Waals surface area (Å²) in [5.41, 5.74) is 0. The summed E-state index contributed by atoms with van der Waals surface area (Å²) in [5, 5.41) is 8.75. The molecule has 11 heavy (non-hydrogen) atoms. The highest BCUT2D eigenvalue weighted by Crippen LogP contribution is 2.08. The molecule has 0 aromatic carbocycles. The predicted octanol–water partition coefficient (Wildman–Crippen LogP) is -0.124. The van der Waals surface area contributed by atoms with E-state index in [9.17, 15) is 4.79 Å². The van der Waals surface area contributed by atoms with Crippen molar-refractivity contribution in [2.45, 2.75) is 26.2 Å². The van der Waals surface area contributed by atoms with Crippen LogP contribution in [0.4, 0.5) is 0 Å². The van der Waals surface area contributed by atoms with E-state index in [1.807, 2.05) is 6.92 Å². The van der Waals surface area contributed by atoms with Crippen molar-refractivity contribution >= 4 is 14.0 Å². The summed E-state index contributed by atoms with van der Waals surface area (Å²) in [5.74, 6) is -0.624. The van der Waals surface area contributed by atoms with E-state index in [4.69, 9.17) is 5.11 Å². The monoisotopic (exact) mass is 158 g/mol. The summed E-state index contributed by atoms with van der Waals surface area (Å²) in [6.07, 6.45) is 2.72. The summed E-state index contributed by atoms with van der Waals surface area (Å²) in [6.45, 7) is 1.94. The Bertz CT molecular complexity index is 116. The van der Waals surface area contributed by atoms with Crippen LogP contribution in [0.2, 0.25) is 0 Å². The highest BCUT2D eigenvalue weighted by molar-refractivity contribution is 6.05. The molecule has 0 rings (SSSR count). The van der Waals surface area contributed by atoms with E-state index < -0.39 is 0 Å². The number of hydrogen-bond donors (Lipinski definition) is 1. The van der Waals surface area contributed by atoms with Gasteiger partial charge in [0.1, 0.15) is 0 Å². The van der Waals surface area contributed by atoms with Crippen molar-refractivity contribution in [1.29, 1.82) is 0 Å². The molecule has 4 heteroatoms. The van der Waals surface area contributed by atoms with Crippen LogP contribution in [0.25, 0.3) is 0 Å². The van der Waals surface area contributed by atoms with Crippen LogP contribution >= 0.6 is 0 Å². The van der Waals surface area contributed by atoms with Crippen LogP contribution in [0.5, 0.6) is 0 Å². The average Bonchev–Trinajstić information content (AvgIpc) is 2.05. The van der Waals surface area contributed by atoms with Gasteiger partial charge in [0.2, 0.25) is 0 Å². The van der Waals surface area contributed by atoms with Crippen LogP contribution in [0.15, 0.2) is 0 Å². The number of carbonyl (C=O) groups excluding carboxylic acids is 1. The fourth-order valence-electron chi connectivity index (χ4n) is 0.901. The summed E-state index contributed by atoms with van der Waals surface area (Å²) >= 11 is 0. The Morgan fingerprint density at radius 1 is 1.73 bits per heavy atom. The lowest BCUT2D eigenvalue weighted by Crippen LogP contribution is -2.20. The SMILES string of the molecule is BOC(=O)C(CO)CCCC. The second kappa shape index (κ2) is 6.22. The van der Waals surface area contributed by atoms with Gasteiger partial charge in [-0.15, -0.1) is 0 Å². The minimum absolute atomic E-state index is 0.104. The summed E-state index contributed by atoms with van der Waals surface area (Å²) in [7, 11) is 1.34. The number of rotatable bonds is 5. The van der Waals surface area contributed by atoms with Gasteiger partial charge in [0.25, 0.3) is 5.97 Å². The van der Waals surface area contributed by atoms with Crippen molar-refractivity contribution in [1.82, 2.24) is 0 Å². The average molecular weight is 158 g/mol. The molecule has 0 aliphatic carbocycles. The molecule has 1 N–H and O–H groups in total. The molecule has 0 fully saturated rings. The normalized spacial score (nSPS) is 12.5. The predicted molar refractivity (Wildman–Crippen MR) is 44.7 cm³/mol. The molecule has 3 nitrogen and oxygen atoms in total. The highest BCUT2D eigenvalue weighted by atomic mass is 16.5. The van der Waals surface area contributed by atoms with E-state index in [1.54, 1.807) is 0 Å². The molecule has 0 aromatic heterocycles. The lowest BCUT2D eigenvalue weighted by atomic mass is 10.0. The van der Waals surface area contributed by atoms with Gasteiger partial charge in [-0.3, -0.25) is 4.79 Å². The van der Waals surface area contributed by atoms with Crippen molar-refractivity contribution < 1.29 is 14.6 Å². The lowest BCUT2D eigenvalue weighted by Gasteiger charge is -2.10. The Balaban J connectivity index is 3.65. The van der Waals surface area contributed by atoms with Gasteiger partial charge in [0, 0.05) is 0 Å². The third-order valence-corrected chi connectivity index (χ3v) is 1.66. The largest absolute Gasteiger partial charge is 0.543 e. The minimum atomic E-state index is -0.319. The summed E-state index contributed by atoms with van der Waals surface area (Å²) < 4.78 is 4.50. The molecule has 0 radical (unpaired) electrons. The number of aliphatic hydroxyl groups is 1. The van der Waals surface area contributed by atoms with E-state index in [1.165, 1.54) is 8.05 Å². The first-order valence-electron chi connectivity index (χ1n) is 3.95. The molecule has 0 bridgehead atoms. The van der Waals surface area contributed by atoms with E-state index in [0.717, 1.165) is 19.3 Å². The maximum Gasteiger partial charge on any atom is 0.325 e. The number of unbranched alkanes of at least 4 members (excludes halogenated alkanes) is 1. The Kier molecular flexibility index (Phi) is 5.94. The maximum atomic E-state index is 10.9. The van der Waals surface area contributed by atoms with Crippen LogP contribution in [-0.2, 0) is 9.45 Å². The molecule has 0 spiro atoms. The van der Waals surface area contributed by atoms with Gasteiger partial charge in [0.15, 0.2) is 0 Å². The number of hydrogen-bond acceptors (Lipinski definition) is 3. The molecule has 0 aliphatic rings. The van der Waals surface area contributed by atoms with Gasteiger partial charge in [-0.1, -0.05) is 19.8 Å². The number of carbonyl (C=O) groups is 1. The van der Waals surface area contributed by atoms with Crippen LogP contribution in [0.1, 0.15) is 26.2 Å². The molecular formula is C7H15BO3. The fourth-order valence-corrected chi connectivity index (χ4v) is 0.901. The first-order chi connectivity index (χ1) is 5.26. The van der Waals surface area contributed by atoms with E-state index >= 15 is 0 Å². The summed E-state index contributed by atoms with van der Waals surface area (Å²) in [4.78, 5) is 10.9. The van der Waals surface area contributed by atoms with Gasteiger partial charge in [0.05, 0.1) is 12.5 Å². The van der Waals surface area contributed by atoms with E-state index in [0.29, 0.717) is 0 Å². The Morgan fingerprint density at radius 2 is 2.36 bits per heavy atom. The topological polar surface area (TPSA) is 46.5 Å². The third kappa shape index (κ3) is 4.04. The molecule has 0 amide bonds. The maximum absolute atomic E-state index is 10.9. The van der Waals surface area contributed by atoms with Crippen molar-refractivity contribution in [3.05, 3.63) is 0 Å². The summed E-state index contributed by atoms with van der Waals surface area (Å²) in [6, 6.07) is 0. The van der Waals surface area contributed by atoms with Crippen molar-refractivity contribution in [3.63, 3.8) is 0 Å². The van der Waals surface area contributed by atoms with Gasteiger partial charge in [-0.2, -0.15) is 0 Å². The first-order valence-corrected chi connectivity index (χ1v) is 3.95. The zero-order valence-electron chi connectivity index (χ0n) is 7.17. The van der Waals surface area contributed by atoms with E-state index in [2.05, 4.69) is 4.65 Å². The third-order valence-electron chi connectivity index (χ3n) is 1.66. The molecular weight excluding hydrogens is 143 g/mol. The van der Waals surface area contributed by atoms with Gasteiger partial charge >= 0.3 is 8.05 Å². The fraction of sp³-hybridized carbons (Fsp3) is 0.857. The molecule has 0 saturated heterocycles. The van der Waals surface area contributed by atoms with Crippen LogP contribution < -0.4 is 0 Å². The Morgan fingerprint density at radius 3 is 2.73 bits per heavy atom. The van der Waals surface area contributed by atoms with Crippen molar-refractivity contribution in [2.75, 3.05) is 6.61 Å². The smallest absolute Gasteiger partial charge is 0.325 e. The molecule has 0 saturated carbocycles. The molecule has 0 heterocycles. The highest BCUT2D eigenvalue weighted by Gasteiger charge is 2.15. The second-order valence-corrected chi connectivity index (χ2v) is 2.54. The zero-order chi connectivity index (χ0) is 8.69. The lowest BCUT2D eigenvalue weighted by molar-refractivity contribution is -0.140. The van der Waals surface area contributed by atoms with Gasteiger partial charge in [-0.25, -0.2) is 0 Å². The zero-order valence-corrected chi connectivity index (χ0v) is 7.17. The van der Waals surface area contributed by atoms with Crippen LogP contribution in [0.3, 0.4) is 0 Å². The van der Waals surface area contributed by atoms with Gasteiger partial charge < -0.3 is 9.76 Å². The van der Waals surface area contributed by atoms with E-state index in [-0.39, 0.29) is 18.5 Å². The van der Waals surface area contributed by atoms with Crippen molar-refractivity contribution in [2.24, 2.45) is 5.92 Å². The minimum Gasteiger partial charge on any atom is -0.543 e. The first kappa shape index (κ1) is 10.5. The molecule has 1 unspecified atom stereocenters. The molecule has 1 atom stereocenters. The second-order valence-electron chi connectivity index (χ2n) is 2.54.